The average molecular weight is 294 g/mol. The Morgan fingerprint density at radius 3 is 2.58 bits per heavy atom. The molecular weight excluding hydrogens is 274 g/mol. The fourth-order valence-electron chi connectivity index (χ4n) is 2.17. The van der Waals surface area contributed by atoms with Crippen LogP contribution in [0.5, 0.6) is 0 Å². The van der Waals surface area contributed by atoms with Gasteiger partial charge in [0, 0.05) is 14.8 Å². The molecular formula is C16H20ClNS. The summed E-state index contributed by atoms with van der Waals surface area (Å²) in [5.74, 6) is 0. The van der Waals surface area contributed by atoms with Crippen molar-refractivity contribution < 1.29 is 0 Å². The fraction of sp³-hybridized carbons (Fsp3) is 0.375. The number of hydrogen-bond acceptors (Lipinski definition) is 2. The summed E-state index contributed by atoms with van der Waals surface area (Å²) in [5, 5.41) is 4.38. The lowest BCUT2D eigenvalue weighted by Crippen LogP contribution is -2.21. The summed E-state index contributed by atoms with van der Waals surface area (Å²) in [5.41, 5.74) is 2.36. The summed E-state index contributed by atoms with van der Waals surface area (Å²) < 4.78 is 0. The number of aryl methyl sites for hydroxylation is 2. The lowest BCUT2D eigenvalue weighted by Gasteiger charge is -2.18. The Labute approximate surface area is 124 Å². The molecule has 1 heterocycles. The Kier molecular flexibility index (Phi) is 5.03. The van der Waals surface area contributed by atoms with E-state index in [1.165, 1.54) is 20.9 Å². The van der Waals surface area contributed by atoms with Crippen molar-refractivity contribution in [1.82, 2.24) is 5.32 Å². The van der Waals surface area contributed by atoms with Crippen LogP contribution in [0, 0.1) is 6.92 Å². The molecule has 1 atom stereocenters. The van der Waals surface area contributed by atoms with Crippen LogP contribution in [0.15, 0.2) is 30.3 Å². The van der Waals surface area contributed by atoms with Gasteiger partial charge in [0.1, 0.15) is 0 Å². The molecule has 102 valence electrons. The van der Waals surface area contributed by atoms with Gasteiger partial charge < -0.3 is 5.32 Å². The molecule has 0 spiro atoms. The lowest BCUT2D eigenvalue weighted by atomic mass is 10.0. The molecule has 1 unspecified atom stereocenters. The second-order valence-corrected chi connectivity index (χ2v) is 6.28. The van der Waals surface area contributed by atoms with E-state index in [-0.39, 0.29) is 6.04 Å². The lowest BCUT2D eigenvalue weighted by molar-refractivity contribution is 0.640. The monoisotopic (exact) mass is 293 g/mol. The Balaban J connectivity index is 2.38. The maximum Gasteiger partial charge on any atom is 0.0685 e. The van der Waals surface area contributed by atoms with Crippen molar-refractivity contribution in [2.75, 3.05) is 6.54 Å². The molecule has 0 bridgehead atoms. The van der Waals surface area contributed by atoms with Crippen molar-refractivity contribution in [3.05, 3.63) is 56.2 Å². The molecule has 1 aromatic heterocycles. The Morgan fingerprint density at radius 1 is 1.21 bits per heavy atom. The van der Waals surface area contributed by atoms with E-state index in [0.717, 1.165) is 18.0 Å². The normalized spacial score (nSPS) is 12.6. The second-order valence-electron chi connectivity index (χ2n) is 4.67. The third-order valence-corrected chi connectivity index (χ3v) is 4.81. The molecule has 2 aromatic rings. The predicted molar refractivity (Wildman–Crippen MR) is 85.4 cm³/mol. The van der Waals surface area contributed by atoms with Crippen LogP contribution in [0.2, 0.25) is 5.02 Å². The minimum Gasteiger partial charge on any atom is -0.306 e. The molecule has 2 rings (SSSR count). The molecule has 19 heavy (non-hydrogen) atoms. The number of benzene rings is 1. The third kappa shape index (κ3) is 3.38. The average Bonchev–Trinajstić information content (AvgIpc) is 2.85. The second kappa shape index (κ2) is 6.56. The number of thiophene rings is 1. The first-order chi connectivity index (χ1) is 9.15. The number of hydrogen-bond donors (Lipinski definition) is 1. The van der Waals surface area contributed by atoms with Gasteiger partial charge in [0.15, 0.2) is 0 Å². The van der Waals surface area contributed by atoms with Gasteiger partial charge in [-0.25, -0.2) is 0 Å². The molecule has 0 amide bonds. The summed E-state index contributed by atoms with van der Waals surface area (Å²) in [6.07, 6.45) is 1.09. The van der Waals surface area contributed by atoms with Crippen molar-refractivity contribution in [2.45, 2.75) is 33.2 Å². The molecule has 1 aromatic carbocycles. The van der Waals surface area contributed by atoms with Crippen LogP contribution >= 0.6 is 22.9 Å². The van der Waals surface area contributed by atoms with Crippen LogP contribution < -0.4 is 5.32 Å². The number of nitrogens with one attached hydrogen (secondary N) is 1. The van der Waals surface area contributed by atoms with Gasteiger partial charge in [0.2, 0.25) is 0 Å². The van der Waals surface area contributed by atoms with Crippen LogP contribution in [-0.2, 0) is 6.42 Å². The van der Waals surface area contributed by atoms with Crippen LogP contribution in [0.25, 0.3) is 0 Å². The highest BCUT2D eigenvalue weighted by molar-refractivity contribution is 7.12. The molecule has 0 radical (unpaired) electrons. The van der Waals surface area contributed by atoms with Crippen molar-refractivity contribution in [2.24, 2.45) is 0 Å². The maximum atomic E-state index is 6.42. The predicted octanol–water partition coefficient (Wildman–Crippen LogP) is 4.97. The zero-order chi connectivity index (χ0) is 13.8. The van der Waals surface area contributed by atoms with Crippen LogP contribution in [0.4, 0.5) is 0 Å². The van der Waals surface area contributed by atoms with Gasteiger partial charge in [0.05, 0.1) is 6.04 Å². The van der Waals surface area contributed by atoms with E-state index in [1.807, 2.05) is 17.4 Å². The minimum atomic E-state index is 0.198. The first-order valence-corrected chi connectivity index (χ1v) is 7.93. The molecule has 0 aliphatic heterocycles. The van der Waals surface area contributed by atoms with Gasteiger partial charge in [-0.15, -0.1) is 11.3 Å². The van der Waals surface area contributed by atoms with E-state index in [4.69, 9.17) is 11.6 Å². The highest BCUT2D eigenvalue weighted by Gasteiger charge is 2.17. The van der Waals surface area contributed by atoms with Crippen LogP contribution in [0.1, 0.15) is 40.8 Å². The third-order valence-electron chi connectivity index (χ3n) is 3.19. The van der Waals surface area contributed by atoms with Gasteiger partial charge in [-0.1, -0.05) is 37.6 Å². The Bertz CT molecular complexity index is 547. The first kappa shape index (κ1) is 14.6. The minimum absolute atomic E-state index is 0.198. The highest BCUT2D eigenvalue weighted by Crippen LogP contribution is 2.33. The van der Waals surface area contributed by atoms with Gasteiger partial charge in [-0.2, -0.15) is 0 Å². The molecule has 3 heteroatoms. The smallest absolute Gasteiger partial charge is 0.0685 e. The fourth-order valence-corrected chi connectivity index (χ4v) is 3.57. The number of rotatable bonds is 5. The largest absolute Gasteiger partial charge is 0.306 e. The van der Waals surface area contributed by atoms with Crippen molar-refractivity contribution in [1.29, 1.82) is 0 Å². The van der Waals surface area contributed by atoms with Gasteiger partial charge in [-0.05, 0) is 49.2 Å². The molecule has 0 fully saturated rings. The summed E-state index contributed by atoms with van der Waals surface area (Å²) >= 11 is 8.28. The van der Waals surface area contributed by atoms with Gasteiger partial charge in [-0.3, -0.25) is 0 Å². The van der Waals surface area contributed by atoms with Crippen LogP contribution in [-0.4, -0.2) is 6.54 Å². The zero-order valence-electron chi connectivity index (χ0n) is 11.7. The molecule has 0 saturated heterocycles. The summed E-state index contributed by atoms with van der Waals surface area (Å²) in [6, 6.07) is 10.9. The summed E-state index contributed by atoms with van der Waals surface area (Å²) in [4.78, 5) is 2.76. The number of halogens is 1. The standard InChI is InChI=1S/C16H20ClNS/c1-4-12-7-9-15(19-12)16(18-5-2)13-8-6-11(3)10-14(13)17/h6-10,16,18H,4-5H2,1-3H3. The van der Waals surface area contributed by atoms with E-state index in [9.17, 15) is 0 Å². The van der Waals surface area contributed by atoms with Crippen molar-refractivity contribution in [3.8, 4) is 0 Å². The molecule has 0 aliphatic carbocycles. The molecule has 0 aliphatic rings. The summed E-state index contributed by atoms with van der Waals surface area (Å²) in [6.45, 7) is 7.31. The van der Waals surface area contributed by atoms with E-state index in [0.29, 0.717) is 0 Å². The first-order valence-electron chi connectivity index (χ1n) is 6.73. The SMILES string of the molecule is CCNC(c1ccc(CC)s1)c1ccc(C)cc1Cl. The Morgan fingerprint density at radius 2 is 2.00 bits per heavy atom. The van der Waals surface area contributed by atoms with Crippen molar-refractivity contribution >= 4 is 22.9 Å². The quantitative estimate of drug-likeness (QED) is 0.820. The van der Waals surface area contributed by atoms with E-state index in [2.05, 4.69) is 50.4 Å². The summed E-state index contributed by atoms with van der Waals surface area (Å²) in [7, 11) is 0. The zero-order valence-corrected chi connectivity index (χ0v) is 13.2. The van der Waals surface area contributed by atoms with Gasteiger partial charge in [0.25, 0.3) is 0 Å². The maximum absolute atomic E-state index is 6.42. The Hall–Kier alpha value is -0.830. The molecule has 1 nitrogen and oxygen atoms in total. The topological polar surface area (TPSA) is 12.0 Å². The van der Waals surface area contributed by atoms with Crippen LogP contribution in [0.3, 0.4) is 0 Å². The molecule has 1 N–H and O–H groups in total. The van der Waals surface area contributed by atoms with Gasteiger partial charge >= 0.3 is 0 Å². The van der Waals surface area contributed by atoms with Crippen molar-refractivity contribution in [3.63, 3.8) is 0 Å². The van der Waals surface area contributed by atoms with E-state index < -0.39 is 0 Å². The highest BCUT2D eigenvalue weighted by atomic mass is 35.5. The van der Waals surface area contributed by atoms with E-state index in [1.54, 1.807) is 0 Å². The van der Waals surface area contributed by atoms with E-state index >= 15 is 0 Å². The molecule has 0 saturated carbocycles.